The highest BCUT2D eigenvalue weighted by Gasteiger charge is 2.37. The van der Waals surface area contributed by atoms with Crippen LogP contribution < -0.4 is 19.6 Å². The van der Waals surface area contributed by atoms with Crippen LogP contribution in [0.25, 0.3) is 16.8 Å². The topological polar surface area (TPSA) is 102 Å². The lowest BCUT2D eigenvalue weighted by Crippen LogP contribution is -2.36. The quantitative estimate of drug-likeness (QED) is 0.529. The van der Waals surface area contributed by atoms with Gasteiger partial charge < -0.3 is 24.4 Å². The number of rotatable bonds is 4. The molecule has 2 unspecified atom stereocenters. The van der Waals surface area contributed by atoms with Crippen LogP contribution in [-0.2, 0) is 10.2 Å². The molecule has 3 aromatic rings. The molecule has 2 N–H and O–H groups in total. The molecule has 1 heterocycles. The first-order valence-corrected chi connectivity index (χ1v) is 12.3. The average molecular weight is 503 g/mol. The molecular weight excluding hydrogens is 472 g/mol. The molecule has 1 aliphatic heterocycles. The van der Waals surface area contributed by atoms with Crippen LogP contribution in [0.2, 0.25) is 0 Å². The van der Waals surface area contributed by atoms with E-state index in [1.54, 1.807) is 24.3 Å². The number of fused-ring (bicyclic) bond motifs is 4. The highest BCUT2D eigenvalue weighted by molar-refractivity contribution is 6.05. The molecular formula is C30H30O7. The zero-order valence-electron chi connectivity index (χ0n) is 21.5. The van der Waals surface area contributed by atoms with E-state index in [0.29, 0.717) is 33.4 Å². The van der Waals surface area contributed by atoms with E-state index < -0.39 is 17.6 Å². The highest BCUT2D eigenvalue weighted by atomic mass is 16.6. The Morgan fingerprint density at radius 1 is 1.00 bits per heavy atom. The van der Waals surface area contributed by atoms with Crippen molar-refractivity contribution >= 4 is 22.6 Å². The number of hydrogen-bond donors (Lipinski definition) is 2. The van der Waals surface area contributed by atoms with Gasteiger partial charge in [-0.15, -0.1) is 0 Å². The van der Waals surface area contributed by atoms with Crippen LogP contribution in [0.1, 0.15) is 62.0 Å². The molecule has 5 rings (SSSR count). The number of aromatic hydroxyl groups is 1. The van der Waals surface area contributed by atoms with Gasteiger partial charge in [-0.25, -0.2) is 0 Å². The Labute approximate surface area is 214 Å². The van der Waals surface area contributed by atoms with Crippen molar-refractivity contribution in [2.24, 2.45) is 0 Å². The smallest absolute Gasteiger partial charge is 0.186 e. The van der Waals surface area contributed by atoms with Gasteiger partial charge in [0.2, 0.25) is 0 Å². The van der Waals surface area contributed by atoms with Gasteiger partial charge in [-0.05, 0) is 67.3 Å². The molecule has 3 aromatic carbocycles. The normalized spacial score (nSPS) is 19.7. The van der Waals surface area contributed by atoms with E-state index in [2.05, 4.69) is 0 Å². The van der Waals surface area contributed by atoms with E-state index in [1.807, 2.05) is 39.8 Å². The number of carbonyl (C=O) groups excluding carboxylic acids is 1. The van der Waals surface area contributed by atoms with Crippen molar-refractivity contribution in [2.45, 2.75) is 51.2 Å². The minimum Gasteiger partial charge on any atom is -0.504 e. The van der Waals surface area contributed by atoms with E-state index in [4.69, 9.17) is 14.2 Å². The lowest BCUT2D eigenvalue weighted by molar-refractivity contribution is -0.118. The minimum absolute atomic E-state index is 0.000110. The number of hydrogen-bond acceptors (Lipinski definition) is 7. The summed E-state index contributed by atoms with van der Waals surface area (Å²) in [5.41, 5.74) is 1.82. The Hall–Kier alpha value is -3.84. The lowest BCUT2D eigenvalue weighted by atomic mass is 9.76. The minimum atomic E-state index is -0.840. The first-order chi connectivity index (χ1) is 17.6. The van der Waals surface area contributed by atoms with Crippen molar-refractivity contribution in [3.05, 3.63) is 75.0 Å². The van der Waals surface area contributed by atoms with Gasteiger partial charge in [0.05, 0.1) is 19.1 Å². The molecule has 1 aliphatic carbocycles. The molecule has 0 fully saturated rings. The largest absolute Gasteiger partial charge is 0.504 e. The van der Waals surface area contributed by atoms with Crippen LogP contribution in [0.15, 0.2) is 47.3 Å². The SMILES string of the molecule is COc1cc(C2Oc3c(C(C)C)cc4c(=O)cc5c(cc4c3OC2CO)C=CC(=O)C5(C)C)ccc1O. The first kappa shape index (κ1) is 24.8. The van der Waals surface area contributed by atoms with E-state index >= 15 is 0 Å². The van der Waals surface area contributed by atoms with Crippen LogP contribution >= 0.6 is 0 Å². The molecule has 2 aliphatic rings. The van der Waals surface area contributed by atoms with Gasteiger partial charge in [0.1, 0.15) is 0 Å². The number of ether oxygens (including phenoxy) is 3. The molecule has 0 aromatic heterocycles. The fraction of sp³-hybridized carbons (Fsp3) is 0.333. The third kappa shape index (κ3) is 3.94. The van der Waals surface area contributed by atoms with Crippen LogP contribution in [-0.4, -0.2) is 35.8 Å². The van der Waals surface area contributed by atoms with Gasteiger partial charge in [-0.2, -0.15) is 0 Å². The Morgan fingerprint density at radius 2 is 1.76 bits per heavy atom. The molecule has 37 heavy (non-hydrogen) atoms. The summed E-state index contributed by atoms with van der Waals surface area (Å²) in [5.74, 6) is 1.10. The highest BCUT2D eigenvalue weighted by Crippen LogP contribution is 2.49. The number of allylic oxidation sites excluding steroid dienone is 1. The number of benzene rings is 2. The molecule has 2 atom stereocenters. The van der Waals surface area contributed by atoms with E-state index in [-0.39, 0.29) is 35.2 Å². The number of aliphatic hydroxyl groups excluding tert-OH is 1. The average Bonchev–Trinajstić information content (AvgIpc) is 3.02. The van der Waals surface area contributed by atoms with Gasteiger partial charge >= 0.3 is 0 Å². The third-order valence-corrected chi connectivity index (χ3v) is 7.34. The van der Waals surface area contributed by atoms with Crippen molar-refractivity contribution in [2.75, 3.05) is 13.7 Å². The number of ketones is 1. The number of methoxy groups -OCH3 is 1. The summed E-state index contributed by atoms with van der Waals surface area (Å²) in [7, 11) is 1.46. The Balaban J connectivity index is 1.78. The Morgan fingerprint density at radius 3 is 2.43 bits per heavy atom. The van der Waals surface area contributed by atoms with Crippen molar-refractivity contribution in [3.8, 4) is 23.0 Å². The molecule has 0 spiro atoms. The maximum absolute atomic E-state index is 13.5. The second-order valence-corrected chi connectivity index (χ2v) is 10.4. The summed E-state index contributed by atoms with van der Waals surface area (Å²) in [4.78, 5) is 26.1. The molecule has 0 radical (unpaired) electrons. The maximum atomic E-state index is 13.5. The molecule has 7 heteroatoms. The maximum Gasteiger partial charge on any atom is 0.186 e. The van der Waals surface area contributed by atoms with Gasteiger partial charge in [-0.3, -0.25) is 9.59 Å². The predicted molar refractivity (Wildman–Crippen MR) is 141 cm³/mol. The zero-order chi connectivity index (χ0) is 26.6. The molecule has 7 nitrogen and oxygen atoms in total. The predicted octanol–water partition coefficient (Wildman–Crippen LogP) is 4.78. The molecule has 0 saturated carbocycles. The second kappa shape index (κ2) is 8.92. The van der Waals surface area contributed by atoms with Crippen LogP contribution in [0.4, 0.5) is 0 Å². The van der Waals surface area contributed by atoms with E-state index in [1.165, 1.54) is 19.3 Å². The first-order valence-electron chi connectivity index (χ1n) is 12.3. The molecule has 192 valence electrons. The standard InChI is InChI=1S/C30H30O7/c1-15(2)18-12-19-20(10-16-7-9-26(34)30(3,4)21(16)13-23(19)33)29-28(18)37-27(25(14-31)36-29)17-6-8-22(32)24(11-17)35-5/h6-13,15,25,27,31-32H,14H2,1-5H3. The Bertz CT molecular complexity index is 1520. The van der Waals surface area contributed by atoms with Gasteiger partial charge in [0.25, 0.3) is 0 Å². The Kier molecular flexibility index (Phi) is 5.99. The summed E-state index contributed by atoms with van der Waals surface area (Å²) in [6.07, 6.45) is 1.80. The van der Waals surface area contributed by atoms with Crippen LogP contribution in [0.5, 0.6) is 23.0 Å². The van der Waals surface area contributed by atoms with Gasteiger partial charge in [0.15, 0.2) is 46.4 Å². The van der Waals surface area contributed by atoms with Crippen LogP contribution in [0, 0.1) is 0 Å². The number of aliphatic hydroxyl groups is 1. The number of carbonyl (C=O) groups is 1. The van der Waals surface area contributed by atoms with Gasteiger partial charge in [0, 0.05) is 21.9 Å². The zero-order valence-corrected chi connectivity index (χ0v) is 21.5. The third-order valence-electron chi connectivity index (χ3n) is 7.34. The van der Waals surface area contributed by atoms with Gasteiger partial charge in [-0.1, -0.05) is 26.0 Å². The van der Waals surface area contributed by atoms with Crippen LogP contribution in [0.3, 0.4) is 0 Å². The van der Waals surface area contributed by atoms with Crippen molar-refractivity contribution in [3.63, 3.8) is 0 Å². The summed E-state index contributed by atoms with van der Waals surface area (Å²) < 4.78 is 18.2. The van der Waals surface area contributed by atoms with E-state index in [0.717, 1.165) is 11.1 Å². The summed E-state index contributed by atoms with van der Waals surface area (Å²) in [6, 6.07) is 10.1. The monoisotopic (exact) mass is 502 g/mol. The summed E-state index contributed by atoms with van der Waals surface area (Å²) in [6.45, 7) is 7.29. The number of phenolic OH excluding ortho intramolecular Hbond substituents is 1. The van der Waals surface area contributed by atoms with E-state index in [9.17, 15) is 19.8 Å². The molecule has 0 saturated heterocycles. The molecule has 0 bridgehead atoms. The molecule has 0 amide bonds. The summed E-state index contributed by atoms with van der Waals surface area (Å²) in [5, 5.41) is 21.3. The van der Waals surface area contributed by atoms with Crippen molar-refractivity contribution in [1.29, 1.82) is 0 Å². The fourth-order valence-corrected chi connectivity index (χ4v) is 5.10. The lowest BCUT2D eigenvalue weighted by Gasteiger charge is -2.35. The van der Waals surface area contributed by atoms with Crippen molar-refractivity contribution in [1.82, 2.24) is 0 Å². The fourth-order valence-electron chi connectivity index (χ4n) is 5.10. The second-order valence-electron chi connectivity index (χ2n) is 10.4. The number of phenols is 1. The summed E-state index contributed by atoms with van der Waals surface area (Å²) >= 11 is 0. The van der Waals surface area contributed by atoms with Crippen molar-refractivity contribution < 1.29 is 29.2 Å².